The molecule has 0 heterocycles. The SMILES string of the molecule is CCC=C[C@@H](CC(=O)O)c1ccc(OCc2ccc(C(C)(C)C)c(-c3cc(OC)ccc3F)c2)cc1. The molecular weight excluding hydrogens is 455 g/mol. The molecule has 0 unspecified atom stereocenters. The number of carboxylic acid groups (broad SMARTS) is 1. The summed E-state index contributed by atoms with van der Waals surface area (Å²) in [4.78, 5) is 11.3. The van der Waals surface area contributed by atoms with Crippen LogP contribution in [-0.2, 0) is 16.8 Å². The Hall–Kier alpha value is -3.60. The van der Waals surface area contributed by atoms with Crippen LogP contribution in [0.3, 0.4) is 0 Å². The monoisotopic (exact) mass is 490 g/mol. The van der Waals surface area contributed by atoms with Crippen LogP contribution in [0.5, 0.6) is 11.5 Å². The molecule has 0 aliphatic heterocycles. The molecule has 3 aromatic rings. The summed E-state index contributed by atoms with van der Waals surface area (Å²) in [7, 11) is 1.57. The Balaban J connectivity index is 1.84. The highest BCUT2D eigenvalue weighted by atomic mass is 19.1. The summed E-state index contributed by atoms with van der Waals surface area (Å²) in [6.45, 7) is 8.66. The van der Waals surface area contributed by atoms with E-state index in [-0.39, 0.29) is 23.6 Å². The molecule has 0 radical (unpaired) electrons. The van der Waals surface area contributed by atoms with Crippen molar-refractivity contribution in [1.29, 1.82) is 0 Å². The fourth-order valence-corrected chi connectivity index (χ4v) is 4.16. The van der Waals surface area contributed by atoms with Gasteiger partial charge in [-0.05, 0) is 70.5 Å². The molecule has 0 spiro atoms. The van der Waals surface area contributed by atoms with Crippen LogP contribution in [0.1, 0.15) is 63.1 Å². The number of carboxylic acids is 1. The number of allylic oxidation sites excluding steroid dienone is 2. The van der Waals surface area contributed by atoms with E-state index in [1.165, 1.54) is 6.07 Å². The number of hydrogen-bond acceptors (Lipinski definition) is 3. The number of halogens is 1. The Morgan fingerprint density at radius 2 is 1.69 bits per heavy atom. The summed E-state index contributed by atoms with van der Waals surface area (Å²) in [6.07, 6.45) is 4.83. The predicted octanol–water partition coefficient (Wildman–Crippen LogP) is 7.90. The number of aliphatic carboxylic acids is 1. The van der Waals surface area contributed by atoms with Gasteiger partial charge in [0.25, 0.3) is 0 Å². The minimum Gasteiger partial charge on any atom is -0.497 e. The maximum Gasteiger partial charge on any atom is 0.304 e. The van der Waals surface area contributed by atoms with Crippen molar-refractivity contribution in [3.8, 4) is 22.6 Å². The smallest absolute Gasteiger partial charge is 0.304 e. The maximum atomic E-state index is 14.9. The van der Waals surface area contributed by atoms with Gasteiger partial charge in [0.15, 0.2) is 0 Å². The quantitative estimate of drug-likeness (QED) is 0.294. The van der Waals surface area contributed by atoms with E-state index in [4.69, 9.17) is 9.47 Å². The Bertz CT molecular complexity index is 1210. The zero-order valence-corrected chi connectivity index (χ0v) is 21.7. The molecule has 3 aromatic carbocycles. The standard InChI is InChI=1S/C31H35FO4/c1-6-7-8-23(18-30(33)34)22-10-12-24(13-11-22)36-20-21-9-15-28(31(2,3)4)26(17-21)27-19-25(35-5)14-16-29(27)32/h7-17,19,23H,6,18,20H2,1-5H3,(H,33,34)/t23-/m0/s1. The zero-order chi connectivity index (χ0) is 26.3. The molecule has 0 bridgehead atoms. The van der Waals surface area contributed by atoms with Gasteiger partial charge >= 0.3 is 5.97 Å². The summed E-state index contributed by atoms with van der Waals surface area (Å²) in [5, 5.41) is 9.24. The maximum absolute atomic E-state index is 14.9. The van der Waals surface area contributed by atoms with Gasteiger partial charge in [-0.1, -0.05) is 64.1 Å². The fourth-order valence-electron chi connectivity index (χ4n) is 4.16. The molecule has 1 N–H and O–H groups in total. The summed E-state index contributed by atoms with van der Waals surface area (Å²) in [6, 6.07) is 18.3. The first kappa shape index (κ1) is 27.0. The Labute approximate surface area is 213 Å². The van der Waals surface area contributed by atoms with Crippen LogP contribution in [-0.4, -0.2) is 18.2 Å². The molecule has 4 nitrogen and oxygen atoms in total. The van der Waals surface area contributed by atoms with Gasteiger partial charge < -0.3 is 14.6 Å². The summed E-state index contributed by atoms with van der Waals surface area (Å²) < 4.78 is 26.2. The topological polar surface area (TPSA) is 55.8 Å². The number of hydrogen-bond donors (Lipinski definition) is 1. The molecule has 0 aliphatic carbocycles. The third-order valence-corrected chi connectivity index (χ3v) is 6.07. The van der Waals surface area contributed by atoms with E-state index in [9.17, 15) is 14.3 Å². The van der Waals surface area contributed by atoms with Crippen LogP contribution in [0.15, 0.2) is 72.8 Å². The van der Waals surface area contributed by atoms with E-state index in [1.54, 1.807) is 19.2 Å². The molecule has 36 heavy (non-hydrogen) atoms. The Morgan fingerprint density at radius 3 is 2.31 bits per heavy atom. The third kappa shape index (κ3) is 6.97. The number of methoxy groups -OCH3 is 1. The molecule has 0 saturated heterocycles. The van der Waals surface area contributed by atoms with Gasteiger partial charge in [0.1, 0.15) is 23.9 Å². The molecule has 0 fully saturated rings. The third-order valence-electron chi connectivity index (χ3n) is 6.07. The highest BCUT2D eigenvalue weighted by Gasteiger charge is 2.21. The highest BCUT2D eigenvalue weighted by Crippen LogP contribution is 2.37. The van der Waals surface area contributed by atoms with E-state index in [1.807, 2.05) is 61.5 Å². The van der Waals surface area contributed by atoms with Crippen molar-refractivity contribution in [3.63, 3.8) is 0 Å². The molecule has 1 atom stereocenters. The molecule has 5 heteroatoms. The van der Waals surface area contributed by atoms with Crippen LogP contribution in [0.2, 0.25) is 0 Å². The molecular formula is C31H35FO4. The molecule has 0 amide bonds. The van der Waals surface area contributed by atoms with Crippen molar-refractivity contribution in [2.24, 2.45) is 0 Å². The van der Waals surface area contributed by atoms with Crippen molar-refractivity contribution in [3.05, 3.63) is 95.3 Å². The molecule has 0 saturated carbocycles. The highest BCUT2D eigenvalue weighted by molar-refractivity contribution is 5.71. The lowest BCUT2D eigenvalue weighted by atomic mass is 9.81. The number of rotatable bonds is 10. The van der Waals surface area contributed by atoms with Gasteiger partial charge in [-0.3, -0.25) is 4.79 Å². The lowest BCUT2D eigenvalue weighted by Crippen LogP contribution is -2.13. The number of benzene rings is 3. The lowest BCUT2D eigenvalue weighted by Gasteiger charge is -2.24. The van der Waals surface area contributed by atoms with E-state index in [0.717, 1.165) is 28.7 Å². The van der Waals surface area contributed by atoms with Crippen molar-refractivity contribution in [2.75, 3.05) is 7.11 Å². The van der Waals surface area contributed by atoms with E-state index >= 15 is 0 Å². The summed E-state index contributed by atoms with van der Waals surface area (Å²) >= 11 is 0. The van der Waals surface area contributed by atoms with Gasteiger partial charge in [0.2, 0.25) is 0 Å². The average molecular weight is 491 g/mol. The van der Waals surface area contributed by atoms with E-state index in [0.29, 0.717) is 23.7 Å². The van der Waals surface area contributed by atoms with Crippen molar-refractivity contribution >= 4 is 5.97 Å². The van der Waals surface area contributed by atoms with Crippen LogP contribution < -0.4 is 9.47 Å². The summed E-state index contributed by atoms with van der Waals surface area (Å²) in [5.74, 6) is -0.0305. The Kier molecular flexibility index (Phi) is 8.92. The van der Waals surface area contributed by atoms with E-state index in [2.05, 4.69) is 20.8 Å². The van der Waals surface area contributed by atoms with E-state index < -0.39 is 5.97 Å². The second kappa shape index (κ2) is 11.9. The second-order valence-electron chi connectivity index (χ2n) is 9.87. The van der Waals surface area contributed by atoms with Crippen LogP contribution >= 0.6 is 0 Å². The van der Waals surface area contributed by atoms with Crippen molar-refractivity contribution in [2.45, 2.75) is 58.5 Å². The predicted molar refractivity (Wildman–Crippen MR) is 142 cm³/mol. The van der Waals surface area contributed by atoms with Crippen molar-refractivity contribution in [1.82, 2.24) is 0 Å². The van der Waals surface area contributed by atoms with Gasteiger partial charge in [0.05, 0.1) is 13.5 Å². The summed E-state index contributed by atoms with van der Waals surface area (Å²) in [5.41, 5.74) is 4.01. The normalized spacial score (nSPS) is 12.5. The van der Waals surface area contributed by atoms with Gasteiger partial charge in [0, 0.05) is 11.5 Å². The Morgan fingerprint density at radius 1 is 1.00 bits per heavy atom. The van der Waals surface area contributed by atoms with Gasteiger partial charge in [-0.2, -0.15) is 0 Å². The molecule has 3 rings (SSSR count). The minimum atomic E-state index is -0.830. The lowest BCUT2D eigenvalue weighted by molar-refractivity contribution is -0.137. The second-order valence-corrected chi connectivity index (χ2v) is 9.87. The van der Waals surface area contributed by atoms with Gasteiger partial charge in [-0.15, -0.1) is 0 Å². The minimum absolute atomic E-state index is 0.0421. The largest absolute Gasteiger partial charge is 0.497 e. The number of carbonyl (C=O) groups is 1. The number of ether oxygens (including phenoxy) is 2. The fraction of sp³-hybridized carbons (Fsp3) is 0.323. The first-order valence-corrected chi connectivity index (χ1v) is 12.2. The molecule has 0 aliphatic rings. The van der Waals surface area contributed by atoms with Crippen molar-refractivity contribution < 1.29 is 23.8 Å². The van der Waals surface area contributed by atoms with Crippen LogP contribution in [0, 0.1) is 5.82 Å². The zero-order valence-electron chi connectivity index (χ0n) is 21.7. The molecule has 0 aromatic heterocycles. The van der Waals surface area contributed by atoms with Gasteiger partial charge in [-0.25, -0.2) is 4.39 Å². The average Bonchev–Trinajstić information content (AvgIpc) is 2.85. The first-order valence-electron chi connectivity index (χ1n) is 12.2. The van der Waals surface area contributed by atoms with Crippen LogP contribution in [0.25, 0.3) is 11.1 Å². The molecule has 190 valence electrons. The van der Waals surface area contributed by atoms with Crippen LogP contribution in [0.4, 0.5) is 4.39 Å². The first-order chi connectivity index (χ1) is 17.1.